The van der Waals surface area contributed by atoms with Gasteiger partial charge in [-0.05, 0) is 51.1 Å². The molecule has 0 unspecified atom stereocenters. The number of piperidine rings is 2. The number of likely N-dealkylation sites (tertiary alicyclic amines) is 2. The van der Waals surface area contributed by atoms with Gasteiger partial charge in [-0.25, -0.2) is 0 Å². The lowest BCUT2D eigenvalue weighted by Crippen LogP contribution is -2.51. The van der Waals surface area contributed by atoms with Gasteiger partial charge in [0, 0.05) is 43.7 Å². The molecule has 142 valence electrons. The van der Waals surface area contributed by atoms with Crippen LogP contribution in [0.25, 0.3) is 0 Å². The molecule has 1 aromatic heterocycles. The molecule has 1 saturated carbocycles. The van der Waals surface area contributed by atoms with E-state index in [2.05, 4.69) is 15.1 Å². The van der Waals surface area contributed by atoms with E-state index in [4.69, 9.17) is 4.42 Å². The first-order chi connectivity index (χ1) is 12.7. The summed E-state index contributed by atoms with van der Waals surface area (Å²) in [5.41, 5.74) is 0.999. The summed E-state index contributed by atoms with van der Waals surface area (Å²) >= 11 is 0. The number of carbonyl (C=O) groups is 2. The van der Waals surface area contributed by atoms with Crippen molar-refractivity contribution < 1.29 is 14.0 Å². The van der Waals surface area contributed by atoms with Crippen molar-refractivity contribution in [3.8, 4) is 0 Å². The second-order valence-corrected chi connectivity index (χ2v) is 8.01. The fraction of sp³-hybridized carbons (Fsp3) is 0.700. The van der Waals surface area contributed by atoms with Crippen LogP contribution in [0.5, 0.6) is 0 Å². The van der Waals surface area contributed by atoms with E-state index in [1.807, 2.05) is 6.07 Å². The summed E-state index contributed by atoms with van der Waals surface area (Å²) in [5.74, 6) is 0.919. The Morgan fingerprint density at radius 1 is 1.08 bits per heavy atom. The number of carbonyl (C=O) groups excluding carboxylic acids is 2. The molecule has 1 aromatic rings. The largest absolute Gasteiger partial charge is 0.472 e. The first-order valence-electron chi connectivity index (χ1n) is 10.0. The summed E-state index contributed by atoms with van der Waals surface area (Å²) < 4.78 is 5.05. The molecular weight excluding hydrogens is 330 g/mol. The summed E-state index contributed by atoms with van der Waals surface area (Å²) in [7, 11) is 0. The molecule has 3 fully saturated rings. The topological polar surface area (TPSA) is 65.8 Å². The normalized spacial score (nSPS) is 25.2. The molecule has 2 aliphatic heterocycles. The van der Waals surface area contributed by atoms with Crippen LogP contribution in [0.4, 0.5) is 0 Å². The molecule has 1 aliphatic carbocycles. The van der Waals surface area contributed by atoms with Crippen molar-refractivity contribution in [2.45, 2.75) is 51.1 Å². The minimum Gasteiger partial charge on any atom is -0.472 e. The number of hydrogen-bond donors (Lipinski definition) is 1. The number of rotatable bonds is 5. The highest BCUT2D eigenvalue weighted by molar-refractivity contribution is 5.81. The van der Waals surface area contributed by atoms with Gasteiger partial charge in [0.15, 0.2) is 0 Å². The van der Waals surface area contributed by atoms with Crippen molar-refractivity contribution in [2.24, 2.45) is 11.8 Å². The van der Waals surface area contributed by atoms with Gasteiger partial charge in [0.1, 0.15) is 0 Å². The maximum Gasteiger partial charge on any atom is 0.225 e. The van der Waals surface area contributed by atoms with Gasteiger partial charge in [-0.2, -0.15) is 0 Å². The molecular formula is C20H29N3O3. The number of nitrogens with one attached hydrogen (secondary N) is 1. The van der Waals surface area contributed by atoms with Crippen LogP contribution >= 0.6 is 0 Å². The molecule has 1 atom stereocenters. The van der Waals surface area contributed by atoms with E-state index >= 15 is 0 Å². The molecule has 3 aliphatic rings. The Morgan fingerprint density at radius 2 is 1.88 bits per heavy atom. The third-order valence-corrected chi connectivity index (χ3v) is 6.09. The van der Waals surface area contributed by atoms with Gasteiger partial charge in [-0.1, -0.05) is 0 Å². The summed E-state index contributed by atoms with van der Waals surface area (Å²) in [6.07, 6.45) is 9.59. The lowest BCUT2D eigenvalue weighted by Gasteiger charge is -2.42. The smallest absolute Gasteiger partial charge is 0.225 e. The molecule has 2 amide bonds. The first-order valence-corrected chi connectivity index (χ1v) is 10.0. The SMILES string of the molecule is O=C(NCc1ccoc1)[C@H]1CCCN(C2CCN(C(=O)C3CC3)CC2)C1. The highest BCUT2D eigenvalue weighted by Crippen LogP contribution is 2.32. The minimum atomic E-state index is 0.0711. The monoisotopic (exact) mass is 359 g/mol. The van der Waals surface area contributed by atoms with Gasteiger partial charge < -0.3 is 14.6 Å². The van der Waals surface area contributed by atoms with Gasteiger partial charge in [-0.15, -0.1) is 0 Å². The maximum atomic E-state index is 12.5. The van der Waals surface area contributed by atoms with Gasteiger partial charge >= 0.3 is 0 Å². The molecule has 1 N–H and O–H groups in total. The van der Waals surface area contributed by atoms with Gasteiger partial charge in [0.05, 0.1) is 18.4 Å². The van der Waals surface area contributed by atoms with Crippen LogP contribution in [0.3, 0.4) is 0 Å². The Kier molecular flexibility index (Phi) is 5.29. The van der Waals surface area contributed by atoms with Crippen molar-refractivity contribution in [1.29, 1.82) is 0 Å². The molecule has 0 aromatic carbocycles. The predicted octanol–water partition coefficient (Wildman–Crippen LogP) is 2.01. The molecule has 0 bridgehead atoms. The first kappa shape index (κ1) is 17.6. The molecule has 6 heteroatoms. The molecule has 0 spiro atoms. The second-order valence-electron chi connectivity index (χ2n) is 8.01. The number of nitrogens with zero attached hydrogens (tertiary/aromatic N) is 2. The number of furan rings is 1. The van der Waals surface area contributed by atoms with Crippen LogP contribution in [0.2, 0.25) is 0 Å². The van der Waals surface area contributed by atoms with E-state index in [9.17, 15) is 9.59 Å². The Balaban J connectivity index is 1.24. The predicted molar refractivity (Wildman–Crippen MR) is 97.2 cm³/mol. The quantitative estimate of drug-likeness (QED) is 0.873. The Labute approximate surface area is 154 Å². The molecule has 2 saturated heterocycles. The number of hydrogen-bond acceptors (Lipinski definition) is 4. The Morgan fingerprint density at radius 3 is 2.58 bits per heavy atom. The van der Waals surface area contributed by atoms with Crippen LogP contribution in [0.1, 0.15) is 44.1 Å². The fourth-order valence-electron chi connectivity index (χ4n) is 4.32. The highest BCUT2D eigenvalue weighted by atomic mass is 16.3. The van der Waals surface area contributed by atoms with Gasteiger partial charge in [-0.3, -0.25) is 14.5 Å². The molecule has 4 rings (SSSR count). The Bertz CT molecular complexity index is 618. The van der Waals surface area contributed by atoms with Crippen LogP contribution in [0, 0.1) is 11.8 Å². The van der Waals surface area contributed by atoms with E-state index in [1.165, 1.54) is 0 Å². The van der Waals surface area contributed by atoms with E-state index in [1.54, 1.807) is 12.5 Å². The average Bonchev–Trinajstić information content (AvgIpc) is 3.41. The zero-order valence-corrected chi connectivity index (χ0v) is 15.4. The highest BCUT2D eigenvalue weighted by Gasteiger charge is 2.37. The van der Waals surface area contributed by atoms with Crippen LogP contribution < -0.4 is 5.32 Å². The zero-order valence-electron chi connectivity index (χ0n) is 15.4. The lowest BCUT2D eigenvalue weighted by atomic mass is 9.93. The summed E-state index contributed by atoms with van der Waals surface area (Å²) in [6, 6.07) is 2.40. The van der Waals surface area contributed by atoms with Crippen molar-refractivity contribution >= 4 is 11.8 Å². The van der Waals surface area contributed by atoms with Crippen LogP contribution in [0.15, 0.2) is 23.0 Å². The van der Waals surface area contributed by atoms with Crippen LogP contribution in [-0.4, -0.2) is 53.8 Å². The van der Waals surface area contributed by atoms with Crippen molar-refractivity contribution in [3.05, 3.63) is 24.2 Å². The van der Waals surface area contributed by atoms with E-state index in [0.717, 1.165) is 70.3 Å². The average molecular weight is 359 g/mol. The second kappa shape index (κ2) is 7.82. The molecule has 0 radical (unpaired) electrons. The lowest BCUT2D eigenvalue weighted by molar-refractivity contribution is -0.134. The van der Waals surface area contributed by atoms with Gasteiger partial charge in [0.2, 0.25) is 11.8 Å². The third-order valence-electron chi connectivity index (χ3n) is 6.09. The maximum absolute atomic E-state index is 12.5. The van der Waals surface area contributed by atoms with Gasteiger partial charge in [0.25, 0.3) is 0 Å². The third kappa shape index (κ3) is 4.11. The van der Waals surface area contributed by atoms with Crippen LogP contribution in [-0.2, 0) is 16.1 Å². The minimum absolute atomic E-state index is 0.0711. The van der Waals surface area contributed by atoms with Crippen molar-refractivity contribution in [3.63, 3.8) is 0 Å². The van der Waals surface area contributed by atoms with Crippen molar-refractivity contribution in [1.82, 2.24) is 15.1 Å². The molecule has 3 heterocycles. The van der Waals surface area contributed by atoms with Crippen molar-refractivity contribution in [2.75, 3.05) is 26.2 Å². The summed E-state index contributed by atoms with van der Waals surface area (Å²) in [4.78, 5) is 29.3. The molecule has 26 heavy (non-hydrogen) atoms. The standard InChI is InChI=1S/C20H29N3O3/c24-19(21-12-15-7-11-26-14-15)17-2-1-8-23(13-17)18-5-9-22(10-6-18)20(25)16-3-4-16/h7,11,14,16-18H,1-6,8-10,12-13H2,(H,21,24)/t17-/m0/s1. The van der Waals surface area contributed by atoms with E-state index in [-0.39, 0.29) is 11.8 Å². The molecule has 6 nitrogen and oxygen atoms in total. The van der Waals surface area contributed by atoms with E-state index in [0.29, 0.717) is 24.4 Å². The fourth-order valence-corrected chi connectivity index (χ4v) is 4.32. The Hall–Kier alpha value is -1.82. The number of amides is 2. The summed E-state index contributed by atoms with van der Waals surface area (Å²) in [5, 5.41) is 3.04. The van der Waals surface area contributed by atoms with E-state index < -0.39 is 0 Å². The zero-order chi connectivity index (χ0) is 17.9. The summed E-state index contributed by atoms with van der Waals surface area (Å²) in [6.45, 7) is 4.22.